The monoisotopic (exact) mass is 490 g/mol. The van der Waals surface area contributed by atoms with Gasteiger partial charge in [-0.15, -0.1) is 0 Å². The molecule has 4 unspecified atom stereocenters. The number of ether oxygens (including phenoxy) is 1. The third-order valence-corrected chi connectivity index (χ3v) is 7.89. The number of aromatic hydroxyl groups is 1. The molecule has 2 aromatic carbocycles. The summed E-state index contributed by atoms with van der Waals surface area (Å²) in [5, 5.41) is 12.7. The lowest BCUT2D eigenvalue weighted by Crippen LogP contribution is -2.61. The van der Waals surface area contributed by atoms with E-state index in [4.69, 9.17) is 4.74 Å². The number of rotatable bonds is 7. The number of phenols is 1. The molecule has 1 saturated heterocycles. The standard InChI is InChI=1S/C29H34N2O5/c1-28(2,3)36-26(34)24(15-18-9-11-21(32)12-10-18)30-27(35)29-16-20-13-22(23(29)14-20)25(33)31(29)17-19-7-5-4-6-8-19/h4-12,20,22-24,32H,13-17H2,1-3H3,(H,30,35)/t20?,22?,23?,24-,29?/m0/s1. The van der Waals surface area contributed by atoms with Crippen molar-refractivity contribution in [3.63, 3.8) is 0 Å². The van der Waals surface area contributed by atoms with Crippen molar-refractivity contribution in [2.45, 2.75) is 70.2 Å². The fraction of sp³-hybridized carbons (Fsp3) is 0.483. The van der Waals surface area contributed by atoms with Gasteiger partial charge in [0.25, 0.3) is 0 Å². The number of phenolic OH excluding ortho intramolecular Hbond substituents is 1. The summed E-state index contributed by atoms with van der Waals surface area (Å²) in [6.45, 7) is 5.75. The van der Waals surface area contributed by atoms with Gasteiger partial charge in [0.2, 0.25) is 11.8 Å². The van der Waals surface area contributed by atoms with Gasteiger partial charge in [-0.05, 0) is 69.2 Å². The number of fused-ring (bicyclic) bond motifs is 1. The van der Waals surface area contributed by atoms with E-state index in [1.807, 2.05) is 30.3 Å². The van der Waals surface area contributed by atoms with Crippen molar-refractivity contribution in [2.24, 2.45) is 17.8 Å². The molecule has 1 aliphatic heterocycles. The number of benzene rings is 2. The maximum atomic E-state index is 14.1. The first-order valence-electron chi connectivity index (χ1n) is 12.7. The number of amides is 2. The molecule has 0 spiro atoms. The first kappa shape index (κ1) is 24.3. The van der Waals surface area contributed by atoms with E-state index in [1.54, 1.807) is 49.9 Å². The molecule has 2 aromatic rings. The minimum absolute atomic E-state index is 0.0355. The Hall–Kier alpha value is -3.35. The molecule has 190 valence electrons. The van der Waals surface area contributed by atoms with Gasteiger partial charge in [-0.2, -0.15) is 0 Å². The van der Waals surface area contributed by atoms with Crippen LogP contribution in [0.5, 0.6) is 5.75 Å². The van der Waals surface area contributed by atoms with Crippen LogP contribution < -0.4 is 5.32 Å². The molecule has 5 atom stereocenters. The van der Waals surface area contributed by atoms with E-state index in [0.29, 0.717) is 18.9 Å². The molecule has 1 heterocycles. The van der Waals surface area contributed by atoms with Crippen LogP contribution in [-0.2, 0) is 32.1 Å². The zero-order chi connectivity index (χ0) is 25.7. The number of nitrogens with zero attached hydrogens (tertiary/aromatic N) is 1. The highest BCUT2D eigenvalue weighted by molar-refractivity contribution is 5.99. The number of hydrogen-bond donors (Lipinski definition) is 2. The van der Waals surface area contributed by atoms with Gasteiger partial charge in [0.1, 0.15) is 22.9 Å². The third kappa shape index (κ3) is 4.36. The Morgan fingerprint density at radius 1 is 1.08 bits per heavy atom. The molecular formula is C29H34N2O5. The molecule has 5 rings (SSSR count). The fourth-order valence-corrected chi connectivity index (χ4v) is 6.49. The summed E-state index contributed by atoms with van der Waals surface area (Å²) in [6, 6.07) is 15.4. The van der Waals surface area contributed by atoms with Crippen LogP contribution in [-0.4, -0.2) is 45.0 Å². The molecule has 0 radical (unpaired) electrons. The smallest absolute Gasteiger partial charge is 0.329 e. The molecule has 7 heteroatoms. The Balaban J connectivity index is 1.44. The highest BCUT2D eigenvalue weighted by Gasteiger charge is 2.70. The van der Waals surface area contributed by atoms with Crippen LogP contribution in [0.4, 0.5) is 0 Å². The molecule has 3 aliphatic rings. The average molecular weight is 491 g/mol. The number of carbonyl (C=O) groups excluding carboxylic acids is 3. The van der Waals surface area contributed by atoms with E-state index in [1.165, 1.54) is 0 Å². The van der Waals surface area contributed by atoms with Crippen molar-refractivity contribution >= 4 is 17.8 Å². The van der Waals surface area contributed by atoms with Gasteiger partial charge in [-0.3, -0.25) is 9.59 Å². The van der Waals surface area contributed by atoms with E-state index in [0.717, 1.165) is 24.0 Å². The molecule has 2 saturated carbocycles. The second kappa shape index (κ2) is 8.95. The first-order chi connectivity index (χ1) is 17.1. The van der Waals surface area contributed by atoms with Crippen LogP contribution in [0.15, 0.2) is 54.6 Å². The van der Waals surface area contributed by atoms with E-state index >= 15 is 0 Å². The molecular weight excluding hydrogens is 456 g/mol. The van der Waals surface area contributed by atoms with Crippen molar-refractivity contribution in [1.29, 1.82) is 0 Å². The Morgan fingerprint density at radius 3 is 2.42 bits per heavy atom. The second-order valence-electron chi connectivity index (χ2n) is 11.5. The quantitative estimate of drug-likeness (QED) is 0.579. The summed E-state index contributed by atoms with van der Waals surface area (Å²) in [6.07, 6.45) is 2.55. The van der Waals surface area contributed by atoms with Crippen LogP contribution in [0.3, 0.4) is 0 Å². The largest absolute Gasteiger partial charge is 0.508 e. The summed E-state index contributed by atoms with van der Waals surface area (Å²) in [4.78, 5) is 42.6. The molecule has 3 fully saturated rings. The number of likely N-dealkylation sites (tertiary alicyclic amines) is 1. The summed E-state index contributed by atoms with van der Waals surface area (Å²) in [7, 11) is 0. The maximum absolute atomic E-state index is 14.1. The third-order valence-electron chi connectivity index (χ3n) is 7.89. The SMILES string of the molecule is CC(C)(C)OC(=O)[C@H](Cc1ccc(O)cc1)NC(=O)C12CC3CC(C(=O)N1Cc1ccccc1)C2C3. The lowest BCUT2D eigenvalue weighted by Gasteiger charge is -2.39. The van der Waals surface area contributed by atoms with E-state index in [9.17, 15) is 19.5 Å². The van der Waals surface area contributed by atoms with Crippen LogP contribution >= 0.6 is 0 Å². The van der Waals surface area contributed by atoms with Gasteiger partial charge < -0.3 is 20.1 Å². The van der Waals surface area contributed by atoms with Gasteiger partial charge in [-0.1, -0.05) is 42.5 Å². The van der Waals surface area contributed by atoms with Crippen LogP contribution in [0.1, 0.15) is 51.2 Å². The highest BCUT2D eigenvalue weighted by Crippen LogP contribution is 2.61. The summed E-state index contributed by atoms with van der Waals surface area (Å²) < 4.78 is 5.66. The Kier molecular flexibility index (Phi) is 6.05. The van der Waals surface area contributed by atoms with Gasteiger partial charge in [0.05, 0.1) is 0 Å². The maximum Gasteiger partial charge on any atom is 0.329 e. The van der Waals surface area contributed by atoms with Gasteiger partial charge in [0.15, 0.2) is 0 Å². The Bertz CT molecular complexity index is 1160. The van der Waals surface area contributed by atoms with Gasteiger partial charge in [0, 0.05) is 24.8 Å². The van der Waals surface area contributed by atoms with E-state index in [2.05, 4.69) is 5.32 Å². The van der Waals surface area contributed by atoms with Crippen molar-refractivity contribution in [3.05, 3.63) is 65.7 Å². The van der Waals surface area contributed by atoms with E-state index in [-0.39, 0.29) is 35.8 Å². The lowest BCUT2D eigenvalue weighted by molar-refractivity contribution is -0.159. The average Bonchev–Trinajstić information content (AvgIpc) is 3.45. The number of esters is 1. The minimum atomic E-state index is -0.949. The van der Waals surface area contributed by atoms with Crippen molar-refractivity contribution in [3.8, 4) is 5.75 Å². The zero-order valence-electron chi connectivity index (χ0n) is 21.1. The van der Waals surface area contributed by atoms with Crippen LogP contribution in [0.2, 0.25) is 0 Å². The van der Waals surface area contributed by atoms with Crippen molar-refractivity contribution in [1.82, 2.24) is 10.2 Å². The van der Waals surface area contributed by atoms with Crippen molar-refractivity contribution in [2.75, 3.05) is 0 Å². The fourth-order valence-electron chi connectivity index (χ4n) is 6.49. The highest BCUT2D eigenvalue weighted by atomic mass is 16.6. The Morgan fingerprint density at radius 2 is 1.78 bits per heavy atom. The molecule has 2 N–H and O–H groups in total. The summed E-state index contributed by atoms with van der Waals surface area (Å²) >= 11 is 0. The minimum Gasteiger partial charge on any atom is -0.508 e. The lowest BCUT2D eigenvalue weighted by atomic mass is 9.77. The van der Waals surface area contributed by atoms with Crippen LogP contribution in [0, 0.1) is 17.8 Å². The first-order valence-corrected chi connectivity index (χ1v) is 12.7. The normalized spacial score (nSPS) is 27.2. The zero-order valence-corrected chi connectivity index (χ0v) is 21.1. The number of nitrogens with one attached hydrogen (secondary N) is 1. The summed E-state index contributed by atoms with van der Waals surface area (Å²) in [5.74, 6) is -0.430. The molecule has 36 heavy (non-hydrogen) atoms. The topological polar surface area (TPSA) is 95.9 Å². The van der Waals surface area contributed by atoms with Crippen molar-refractivity contribution < 1.29 is 24.2 Å². The predicted molar refractivity (Wildman–Crippen MR) is 134 cm³/mol. The molecule has 2 bridgehead atoms. The molecule has 2 amide bonds. The van der Waals surface area contributed by atoms with Crippen LogP contribution in [0.25, 0.3) is 0 Å². The van der Waals surface area contributed by atoms with Gasteiger partial charge >= 0.3 is 5.97 Å². The van der Waals surface area contributed by atoms with E-state index < -0.39 is 23.2 Å². The Labute approximate surface area is 211 Å². The molecule has 0 aromatic heterocycles. The molecule has 7 nitrogen and oxygen atoms in total. The number of hydrogen-bond acceptors (Lipinski definition) is 5. The van der Waals surface area contributed by atoms with Gasteiger partial charge in [-0.25, -0.2) is 4.79 Å². The predicted octanol–water partition coefficient (Wildman–Crippen LogP) is 3.59. The second-order valence-corrected chi connectivity index (χ2v) is 11.5. The number of carbonyl (C=O) groups is 3. The summed E-state index contributed by atoms with van der Waals surface area (Å²) in [5.41, 5.74) is 0.106. The molecule has 2 aliphatic carbocycles.